The molecule has 2 saturated heterocycles. The van der Waals surface area contributed by atoms with E-state index in [1.165, 1.54) is 44.2 Å². The fourth-order valence-corrected chi connectivity index (χ4v) is 5.26. The Labute approximate surface area is 165 Å². The maximum absolute atomic E-state index is 5.84. The van der Waals surface area contributed by atoms with E-state index in [0.717, 1.165) is 30.5 Å². The highest BCUT2D eigenvalue weighted by molar-refractivity contribution is 5.44. The maximum atomic E-state index is 5.84. The highest BCUT2D eigenvalue weighted by Crippen LogP contribution is 2.42. The van der Waals surface area contributed by atoms with Crippen molar-refractivity contribution in [1.29, 1.82) is 0 Å². The van der Waals surface area contributed by atoms with Crippen LogP contribution >= 0.6 is 0 Å². The molecule has 1 aromatic carbocycles. The Morgan fingerprint density at radius 2 is 1.82 bits per heavy atom. The number of aromatic nitrogens is 3. The number of hydrogen-bond donors (Lipinski definition) is 0. The van der Waals surface area contributed by atoms with E-state index in [-0.39, 0.29) is 0 Å². The molecule has 144 valence electrons. The third kappa shape index (κ3) is 3.04. The maximum Gasteiger partial charge on any atom is 0.231 e. The molecule has 28 heavy (non-hydrogen) atoms. The monoisotopic (exact) mass is 374 g/mol. The van der Waals surface area contributed by atoms with Crippen LogP contribution < -0.4 is 0 Å². The van der Waals surface area contributed by atoms with Gasteiger partial charge in [-0.05, 0) is 55.2 Å². The van der Waals surface area contributed by atoms with Gasteiger partial charge >= 0.3 is 0 Å². The van der Waals surface area contributed by atoms with E-state index in [4.69, 9.17) is 4.42 Å². The molecule has 0 N–H and O–H groups in total. The van der Waals surface area contributed by atoms with Crippen LogP contribution in [0.4, 0.5) is 0 Å². The van der Waals surface area contributed by atoms with E-state index in [0.29, 0.717) is 5.89 Å². The molecule has 4 heterocycles. The van der Waals surface area contributed by atoms with Crippen LogP contribution in [0.3, 0.4) is 0 Å². The molecule has 1 saturated carbocycles. The molecular weight excluding hydrogens is 348 g/mol. The smallest absolute Gasteiger partial charge is 0.231 e. The second-order valence-corrected chi connectivity index (χ2v) is 8.18. The number of pyridine rings is 1. The number of benzene rings is 1. The van der Waals surface area contributed by atoms with E-state index in [2.05, 4.69) is 56.5 Å². The van der Waals surface area contributed by atoms with Crippen LogP contribution in [-0.2, 0) is 5.41 Å². The van der Waals surface area contributed by atoms with Crippen molar-refractivity contribution in [3.05, 3.63) is 78.3 Å². The molecule has 2 aliphatic heterocycles. The number of nitrogens with zero attached hydrogens (tertiary/aromatic N) is 4. The zero-order valence-electron chi connectivity index (χ0n) is 16.1. The van der Waals surface area contributed by atoms with Gasteiger partial charge in [0.2, 0.25) is 12.3 Å². The van der Waals surface area contributed by atoms with Gasteiger partial charge < -0.3 is 9.32 Å². The SMILES string of the molecule is c1ccc(C(CCN2CC3CCC2CC3)(c2cccnc2)c2nnco2)cc1. The average molecular weight is 374 g/mol. The van der Waals surface area contributed by atoms with Crippen molar-refractivity contribution in [2.45, 2.75) is 43.6 Å². The lowest BCUT2D eigenvalue weighted by atomic mass is 9.71. The molecule has 1 unspecified atom stereocenters. The van der Waals surface area contributed by atoms with E-state index < -0.39 is 5.41 Å². The van der Waals surface area contributed by atoms with Gasteiger partial charge in [-0.3, -0.25) is 4.98 Å². The summed E-state index contributed by atoms with van der Waals surface area (Å²) in [5, 5.41) is 8.41. The van der Waals surface area contributed by atoms with Crippen LogP contribution in [0.25, 0.3) is 0 Å². The van der Waals surface area contributed by atoms with Crippen molar-refractivity contribution >= 4 is 0 Å². The van der Waals surface area contributed by atoms with Gasteiger partial charge in [-0.2, -0.15) is 0 Å². The zero-order chi connectivity index (χ0) is 18.8. The number of hydrogen-bond acceptors (Lipinski definition) is 5. The minimum absolute atomic E-state index is 0.483. The van der Waals surface area contributed by atoms with E-state index in [9.17, 15) is 0 Å². The van der Waals surface area contributed by atoms with Crippen molar-refractivity contribution in [1.82, 2.24) is 20.1 Å². The van der Waals surface area contributed by atoms with Crippen LogP contribution in [0.2, 0.25) is 0 Å². The summed E-state index contributed by atoms with van der Waals surface area (Å²) in [5.41, 5.74) is 1.80. The van der Waals surface area contributed by atoms with Crippen LogP contribution in [0.5, 0.6) is 0 Å². The van der Waals surface area contributed by atoms with Gasteiger partial charge in [-0.15, -0.1) is 10.2 Å². The first kappa shape index (κ1) is 17.6. The van der Waals surface area contributed by atoms with Crippen LogP contribution in [0, 0.1) is 5.92 Å². The number of piperidine rings is 2. The Bertz CT molecular complexity index is 834. The van der Waals surface area contributed by atoms with Crippen LogP contribution in [0.15, 0.2) is 65.7 Å². The van der Waals surface area contributed by atoms with Gasteiger partial charge in [0.1, 0.15) is 5.41 Å². The molecule has 1 aliphatic carbocycles. The number of fused-ring (bicyclic) bond motifs is 3. The second kappa shape index (κ2) is 7.47. The normalized spacial score (nSPS) is 24.1. The van der Waals surface area contributed by atoms with Gasteiger partial charge in [-0.1, -0.05) is 36.4 Å². The largest absolute Gasteiger partial charge is 0.427 e. The fraction of sp³-hybridized carbons (Fsp3) is 0.435. The van der Waals surface area contributed by atoms with Crippen molar-refractivity contribution in [3.63, 3.8) is 0 Å². The summed E-state index contributed by atoms with van der Waals surface area (Å²) < 4.78 is 5.84. The molecule has 3 fully saturated rings. The molecular formula is C23H26N4O. The lowest BCUT2D eigenvalue weighted by Crippen LogP contribution is -2.49. The molecule has 3 aromatic rings. The third-order valence-electron chi connectivity index (χ3n) is 6.75. The Kier molecular flexibility index (Phi) is 4.69. The fourth-order valence-electron chi connectivity index (χ4n) is 5.26. The van der Waals surface area contributed by atoms with E-state index >= 15 is 0 Å². The molecule has 2 bridgehead atoms. The summed E-state index contributed by atoms with van der Waals surface area (Å²) in [6, 6.07) is 15.4. The average Bonchev–Trinajstić information content (AvgIpc) is 3.32. The molecule has 0 spiro atoms. The second-order valence-electron chi connectivity index (χ2n) is 8.18. The summed E-state index contributed by atoms with van der Waals surface area (Å²) in [5.74, 6) is 1.52. The summed E-state index contributed by atoms with van der Waals surface area (Å²) in [4.78, 5) is 7.11. The molecule has 5 nitrogen and oxygen atoms in total. The van der Waals surface area contributed by atoms with Crippen molar-refractivity contribution in [2.24, 2.45) is 5.92 Å². The van der Waals surface area contributed by atoms with E-state index in [1.807, 2.05) is 18.5 Å². The zero-order valence-corrected chi connectivity index (χ0v) is 16.1. The Balaban J connectivity index is 1.56. The van der Waals surface area contributed by atoms with Gasteiger partial charge in [0.15, 0.2) is 0 Å². The topological polar surface area (TPSA) is 55.1 Å². The van der Waals surface area contributed by atoms with Gasteiger partial charge in [0.05, 0.1) is 0 Å². The quantitative estimate of drug-likeness (QED) is 0.651. The van der Waals surface area contributed by atoms with Gasteiger partial charge in [0.25, 0.3) is 0 Å². The van der Waals surface area contributed by atoms with Crippen molar-refractivity contribution in [2.75, 3.05) is 13.1 Å². The predicted octanol–water partition coefficient (Wildman–Crippen LogP) is 4.06. The standard InChI is InChI=1S/C23H26N4O/c1-2-5-19(6-3-1)23(22-26-25-17-28-22,20-7-4-13-24-15-20)12-14-27-16-18-8-10-21(27)11-9-18/h1-7,13,15,17-18,21H,8-12,14,16H2. The summed E-state index contributed by atoms with van der Waals surface area (Å²) >= 11 is 0. The first-order valence-electron chi connectivity index (χ1n) is 10.3. The van der Waals surface area contributed by atoms with Crippen molar-refractivity contribution < 1.29 is 4.42 Å². The number of rotatable bonds is 6. The van der Waals surface area contributed by atoms with Crippen LogP contribution in [-0.4, -0.2) is 39.2 Å². The third-order valence-corrected chi connectivity index (χ3v) is 6.75. The van der Waals surface area contributed by atoms with Crippen molar-refractivity contribution in [3.8, 4) is 0 Å². The van der Waals surface area contributed by atoms with Crippen LogP contribution in [0.1, 0.15) is 49.1 Å². The summed E-state index contributed by atoms with van der Waals surface area (Å²) in [7, 11) is 0. The molecule has 1 atom stereocenters. The molecule has 5 heteroatoms. The molecule has 3 aliphatic rings. The minimum atomic E-state index is -0.483. The highest BCUT2D eigenvalue weighted by Gasteiger charge is 2.43. The molecule has 0 radical (unpaired) electrons. The summed E-state index contributed by atoms with van der Waals surface area (Å²) in [6.07, 6.45) is 11.6. The van der Waals surface area contributed by atoms with Gasteiger partial charge in [-0.25, -0.2) is 0 Å². The van der Waals surface area contributed by atoms with E-state index in [1.54, 1.807) is 0 Å². The predicted molar refractivity (Wildman–Crippen MR) is 107 cm³/mol. The molecule has 0 amide bonds. The molecule has 6 rings (SSSR count). The minimum Gasteiger partial charge on any atom is -0.427 e. The highest BCUT2D eigenvalue weighted by atomic mass is 16.4. The lowest BCUT2D eigenvalue weighted by molar-refractivity contribution is 0.0445. The first-order valence-corrected chi connectivity index (χ1v) is 10.3. The Hall–Kier alpha value is -2.53. The Morgan fingerprint density at radius 1 is 1.00 bits per heavy atom. The lowest BCUT2D eigenvalue weighted by Gasteiger charge is -2.46. The molecule has 2 aromatic heterocycles. The summed E-state index contributed by atoms with van der Waals surface area (Å²) in [6.45, 7) is 2.25. The Morgan fingerprint density at radius 3 is 2.46 bits per heavy atom. The van der Waals surface area contributed by atoms with Gasteiger partial charge in [0, 0.05) is 31.5 Å². The first-order chi connectivity index (χ1) is 13.9.